The van der Waals surface area contributed by atoms with Crippen LogP contribution in [0, 0.1) is 6.92 Å². The van der Waals surface area contributed by atoms with Gasteiger partial charge in [0.05, 0.1) is 18.2 Å². The first-order valence-corrected chi connectivity index (χ1v) is 12.0. The lowest BCUT2D eigenvalue weighted by atomic mass is 10.1. The van der Waals surface area contributed by atoms with Crippen LogP contribution in [0.15, 0.2) is 41.6 Å². The smallest absolute Gasteiger partial charge is 0.274 e. The van der Waals surface area contributed by atoms with Crippen LogP contribution in [0.2, 0.25) is 0 Å². The van der Waals surface area contributed by atoms with E-state index in [1.54, 1.807) is 20.3 Å². The fourth-order valence-corrected chi connectivity index (χ4v) is 5.07. The molecule has 11 nitrogen and oxygen atoms in total. The number of aromatic hydroxyl groups is 1. The van der Waals surface area contributed by atoms with Crippen LogP contribution in [0.3, 0.4) is 0 Å². The van der Waals surface area contributed by atoms with Gasteiger partial charge in [0.1, 0.15) is 11.3 Å². The van der Waals surface area contributed by atoms with E-state index < -0.39 is 17.1 Å². The zero-order chi connectivity index (χ0) is 24.7. The van der Waals surface area contributed by atoms with Gasteiger partial charge in [0.15, 0.2) is 16.5 Å². The summed E-state index contributed by atoms with van der Waals surface area (Å²) in [7, 11) is 0. The number of amides is 1. The van der Waals surface area contributed by atoms with Crippen LogP contribution in [0.25, 0.3) is 10.6 Å². The minimum absolute atomic E-state index is 0.0406. The van der Waals surface area contributed by atoms with Crippen LogP contribution >= 0.6 is 11.3 Å². The van der Waals surface area contributed by atoms with E-state index in [1.807, 2.05) is 45.0 Å². The van der Waals surface area contributed by atoms with Crippen molar-refractivity contribution >= 4 is 17.2 Å². The maximum absolute atomic E-state index is 13.2. The van der Waals surface area contributed by atoms with Crippen molar-refractivity contribution < 1.29 is 9.90 Å². The van der Waals surface area contributed by atoms with Gasteiger partial charge in [-0.3, -0.25) is 9.59 Å². The van der Waals surface area contributed by atoms with E-state index in [4.69, 9.17) is 0 Å². The quantitative estimate of drug-likeness (QED) is 0.433. The maximum Gasteiger partial charge on any atom is 0.274 e. The molecule has 0 spiro atoms. The summed E-state index contributed by atoms with van der Waals surface area (Å²) in [6.07, 6.45) is 3.67. The second-order valence-corrected chi connectivity index (χ2v) is 9.94. The molecule has 1 aliphatic heterocycles. The van der Waals surface area contributed by atoms with Gasteiger partial charge >= 0.3 is 0 Å². The fourth-order valence-electron chi connectivity index (χ4n) is 4.19. The zero-order valence-electron chi connectivity index (χ0n) is 19.5. The molecule has 12 heteroatoms. The van der Waals surface area contributed by atoms with Gasteiger partial charge in [0, 0.05) is 25.2 Å². The number of pyridine rings is 1. The molecular weight excluding hydrogens is 468 g/mol. The minimum atomic E-state index is -0.644. The summed E-state index contributed by atoms with van der Waals surface area (Å²) in [5.74, 6) is -0.985. The number of nitrogens with zero attached hydrogens (tertiary/aromatic N) is 8. The molecule has 4 aromatic rings. The van der Waals surface area contributed by atoms with Crippen LogP contribution in [-0.4, -0.2) is 63.5 Å². The third-order valence-corrected chi connectivity index (χ3v) is 7.02. The number of benzene rings is 1. The molecule has 3 aromatic heterocycles. The summed E-state index contributed by atoms with van der Waals surface area (Å²) in [6.45, 7) is 6.54. The highest BCUT2D eigenvalue weighted by molar-refractivity contribution is 7.14. The zero-order valence-corrected chi connectivity index (χ0v) is 20.3. The lowest BCUT2D eigenvalue weighted by Crippen LogP contribution is -2.48. The van der Waals surface area contributed by atoms with Crippen LogP contribution in [-0.2, 0) is 13.0 Å². The highest BCUT2D eigenvalue weighted by Crippen LogP contribution is 2.32. The van der Waals surface area contributed by atoms with Crippen molar-refractivity contribution in [1.82, 2.24) is 39.9 Å². The number of carbonyl (C=O) groups is 1. The molecule has 4 heterocycles. The van der Waals surface area contributed by atoms with Gasteiger partial charge in [-0.05, 0) is 36.8 Å². The molecule has 1 N–H and O–H groups in total. The van der Waals surface area contributed by atoms with Gasteiger partial charge in [-0.2, -0.15) is 0 Å². The third-order valence-electron chi connectivity index (χ3n) is 6.06. The number of tetrazole rings is 1. The summed E-state index contributed by atoms with van der Waals surface area (Å²) < 4.78 is 3.21. The molecule has 0 saturated carbocycles. The van der Waals surface area contributed by atoms with Gasteiger partial charge in [0.25, 0.3) is 5.91 Å². The average molecular weight is 493 g/mol. The largest absolute Gasteiger partial charge is 0.503 e. The van der Waals surface area contributed by atoms with Gasteiger partial charge in [-0.1, -0.05) is 41.2 Å². The van der Waals surface area contributed by atoms with E-state index in [2.05, 4.69) is 25.7 Å². The monoisotopic (exact) mass is 492 g/mol. The molecule has 0 bridgehead atoms. The van der Waals surface area contributed by atoms with Crippen LogP contribution in [0.1, 0.15) is 46.5 Å². The topological polar surface area (TPSA) is 132 Å². The van der Waals surface area contributed by atoms with Gasteiger partial charge in [-0.25, -0.2) is 4.68 Å². The Morgan fingerprint density at radius 2 is 1.94 bits per heavy atom. The van der Waals surface area contributed by atoms with Crippen molar-refractivity contribution in [2.45, 2.75) is 45.8 Å². The molecule has 0 aliphatic carbocycles. The SMILES string of the molecule is Cc1ccc(Cc2nnc(-c3cn4c(c(O)c3=O)C(=O)N(C(C)C)C[C@@H]4Cn3cnnn3)s2)cc1. The summed E-state index contributed by atoms with van der Waals surface area (Å²) in [4.78, 5) is 28.0. The van der Waals surface area contributed by atoms with Crippen molar-refractivity contribution in [3.8, 4) is 16.3 Å². The molecule has 0 unspecified atom stereocenters. The highest BCUT2D eigenvalue weighted by Gasteiger charge is 2.36. The second kappa shape index (κ2) is 9.02. The number of carbonyl (C=O) groups excluding carboxylic acids is 1. The minimum Gasteiger partial charge on any atom is -0.503 e. The molecule has 1 atom stereocenters. The first kappa shape index (κ1) is 22.8. The molecule has 180 valence electrons. The Morgan fingerprint density at radius 1 is 1.17 bits per heavy atom. The normalized spacial score (nSPS) is 15.6. The second-order valence-electron chi connectivity index (χ2n) is 8.88. The van der Waals surface area contributed by atoms with E-state index in [9.17, 15) is 14.7 Å². The maximum atomic E-state index is 13.2. The van der Waals surface area contributed by atoms with E-state index in [1.165, 1.54) is 23.2 Å². The fraction of sp³-hybridized carbons (Fsp3) is 0.348. The molecule has 1 amide bonds. The van der Waals surface area contributed by atoms with Gasteiger partial charge in [-0.15, -0.1) is 15.3 Å². The number of rotatable bonds is 6. The average Bonchev–Trinajstić information content (AvgIpc) is 3.51. The van der Waals surface area contributed by atoms with E-state index in [-0.39, 0.29) is 23.3 Å². The molecule has 35 heavy (non-hydrogen) atoms. The summed E-state index contributed by atoms with van der Waals surface area (Å²) in [5, 5.41) is 31.8. The number of aromatic nitrogens is 7. The number of hydrogen-bond acceptors (Lipinski definition) is 9. The van der Waals surface area contributed by atoms with Crippen LogP contribution in [0.4, 0.5) is 0 Å². The van der Waals surface area contributed by atoms with E-state index in [0.29, 0.717) is 24.5 Å². The first-order valence-electron chi connectivity index (χ1n) is 11.2. The standard InChI is InChI=1S/C23H24N8O3S/c1-13(2)30-10-16(9-29-12-24-27-28-29)31-11-17(20(32)21(33)19(31)23(30)34)22-26-25-18(35-22)8-15-6-4-14(3)5-7-15/h4-7,11-13,16,33H,8-10H2,1-3H3/t16-/m0/s1. The molecule has 5 rings (SSSR count). The van der Waals surface area contributed by atoms with Crippen molar-refractivity contribution in [2.75, 3.05) is 6.54 Å². The van der Waals surface area contributed by atoms with Crippen molar-refractivity contribution in [3.63, 3.8) is 0 Å². The summed E-state index contributed by atoms with van der Waals surface area (Å²) in [6, 6.07) is 7.71. The molecule has 1 aliphatic rings. The van der Waals surface area contributed by atoms with Gasteiger partial charge in [0.2, 0.25) is 5.43 Å². The number of fused-ring (bicyclic) bond motifs is 1. The Labute approximate surface area is 204 Å². The Hall–Kier alpha value is -3.93. The molecule has 0 fully saturated rings. The summed E-state index contributed by atoms with van der Waals surface area (Å²) >= 11 is 1.29. The lowest BCUT2D eigenvalue weighted by Gasteiger charge is -2.38. The predicted octanol–water partition coefficient (Wildman–Crippen LogP) is 2.06. The van der Waals surface area contributed by atoms with Gasteiger partial charge < -0.3 is 14.6 Å². The van der Waals surface area contributed by atoms with E-state index in [0.717, 1.165) is 10.6 Å². The Balaban J connectivity index is 1.55. The molecular formula is C23H24N8O3S. The lowest BCUT2D eigenvalue weighted by molar-refractivity contribution is 0.0584. The Bertz CT molecular complexity index is 1430. The summed E-state index contributed by atoms with van der Waals surface area (Å²) in [5.41, 5.74) is 1.78. The van der Waals surface area contributed by atoms with Crippen LogP contribution < -0.4 is 5.43 Å². The Morgan fingerprint density at radius 3 is 2.63 bits per heavy atom. The molecule has 0 saturated heterocycles. The van der Waals surface area contributed by atoms with Crippen LogP contribution in [0.5, 0.6) is 5.75 Å². The third kappa shape index (κ3) is 4.32. The molecule has 1 aromatic carbocycles. The van der Waals surface area contributed by atoms with Crippen molar-refractivity contribution in [1.29, 1.82) is 0 Å². The predicted molar refractivity (Wildman–Crippen MR) is 128 cm³/mol. The Kier molecular flexibility index (Phi) is 5.89. The van der Waals surface area contributed by atoms with Crippen molar-refractivity contribution in [2.24, 2.45) is 0 Å². The molecule has 0 radical (unpaired) electrons. The number of aryl methyl sites for hydroxylation is 1. The van der Waals surface area contributed by atoms with Crippen molar-refractivity contribution in [3.05, 3.63) is 68.8 Å². The highest BCUT2D eigenvalue weighted by atomic mass is 32.1. The first-order chi connectivity index (χ1) is 16.8. The number of hydrogen-bond donors (Lipinski definition) is 1. The van der Waals surface area contributed by atoms with E-state index >= 15 is 0 Å².